The fraction of sp³-hybridized carbons (Fsp3) is 0.400. The van der Waals surface area contributed by atoms with Crippen LogP contribution in [0, 0.1) is 11.8 Å². The Kier molecular flexibility index (Phi) is 5.91. The molecule has 4 heteroatoms. The normalized spacial score (nSPS) is 9.74. The van der Waals surface area contributed by atoms with E-state index in [1.54, 1.807) is 7.05 Å². The minimum atomic E-state index is -0.361. The number of amides is 1. The van der Waals surface area contributed by atoms with Crippen molar-refractivity contribution in [1.82, 2.24) is 4.90 Å². The van der Waals surface area contributed by atoms with Gasteiger partial charge in [-0.05, 0) is 25.5 Å². The summed E-state index contributed by atoms with van der Waals surface area (Å²) in [7, 11) is 1.68. The maximum atomic E-state index is 11.7. The number of carbonyl (C=O) groups excluding carboxylic acids is 1. The van der Waals surface area contributed by atoms with Crippen LogP contribution in [0.2, 0.25) is 0 Å². The van der Waals surface area contributed by atoms with Gasteiger partial charge < -0.3 is 14.7 Å². The van der Waals surface area contributed by atoms with E-state index in [2.05, 4.69) is 11.8 Å². The Morgan fingerprint density at radius 2 is 2.11 bits per heavy atom. The molecule has 1 amide bonds. The zero-order chi connectivity index (χ0) is 14.3. The Bertz CT molecular complexity index is 486. The number of hydrogen-bond acceptors (Lipinski definition) is 3. The molecule has 0 radical (unpaired) electrons. The number of rotatable bonds is 3. The third kappa shape index (κ3) is 5.02. The Hall–Kier alpha value is -1.99. The smallest absolute Gasteiger partial charge is 0.410 e. The Morgan fingerprint density at radius 3 is 2.74 bits per heavy atom. The van der Waals surface area contributed by atoms with Gasteiger partial charge in [0.15, 0.2) is 0 Å². The SMILES string of the molecule is CC(C)OC(=O)N(C)Cc1ccccc1C#CCO. The zero-order valence-corrected chi connectivity index (χ0v) is 11.5. The van der Waals surface area contributed by atoms with E-state index < -0.39 is 0 Å². The quantitative estimate of drug-likeness (QED) is 0.847. The topological polar surface area (TPSA) is 49.8 Å². The van der Waals surface area contributed by atoms with E-state index in [1.807, 2.05) is 38.1 Å². The number of hydrogen-bond donors (Lipinski definition) is 1. The van der Waals surface area contributed by atoms with Gasteiger partial charge in [0.25, 0.3) is 0 Å². The van der Waals surface area contributed by atoms with Crippen LogP contribution >= 0.6 is 0 Å². The fourth-order valence-electron chi connectivity index (χ4n) is 1.53. The van der Waals surface area contributed by atoms with Crippen LogP contribution in [0.25, 0.3) is 0 Å². The second-order valence-corrected chi connectivity index (χ2v) is 4.41. The highest BCUT2D eigenvalue weighted by Crippen LogP contribution is 2.11. The molecule has 0 fully saturated rings. The lowest BCUT2D eigenvalue weighted by atomic mass is 10.1. The molecule has 0 saturated heterocycles. The maximum absolute atomic E-state index is 11.7. The molecule has 1 aromatic carbocycles. The number of benzene rings is 1. The van der Waals surface area contributed by atoms with Gasteiger partial charge in [0.1, 0.15) is 6.61 Å². The van der Waals surface area contributed by atoms with Gasteiger partial charge in [0.05, 0.1) is 6.10 Å². The third-order valence-electron chi connectivity index (χ3n) is 2.38. The zero-order valence-electron chi connectivity index (χ0n) is 11.5. The number of nitrogens with zero attached hydrogens (tertiary/aromatic N) is 1. The molecule has 0 unspecified atom stereocenters. The van der Waals surface area contributed by atoms with Gasteiger partial charge in [0, 0.05) is 19.2 Å². The average Bonchev–Trinajstić information content (AvgIpc) is 2.36. The Balaban J connectivity index is 2.79. The molecule has 0 aliphatic carbocycles. The van der Waals surface area contributed by atoms with Crippen molar-refractivity contribution in [3.63, 3.8) is 0 Å². The summed E-state index contributed by atoms with van der Waals surface area (Å²) in [6.45, 7) is 3.86. The highest BCUT2D eigenvalue weighted by atomic mass is 16.6. The number of carbonyl (C=O) groups is 1. The van der Waals surface area contributed by atoms with Gasteiger partial charge >= 0.3 is 6.09 Å². The van der Waals surface area contributed by atoms with Crippen molar-refractivity contribution in [1.29, 1.82) is 0 Å². The fourth-order valence-corrected chi connectivity index (χ4v) is 1.53. The van der Waals surface area contributed by atoms with Crippen molar-refractivity contribution >= 4 is 6.09 Å². The van der Waals surface area contributed by atoms with Crippen LogP contribution in [0.3, 0.4) is 0 Å². The third-order valence-corrected chi connectivity index (χ3v) is 2.38. The van der Waals surface area contributed by atoms with Crippen molar-refractivity contribution in [2.75, 3.05) is 13.7 Å². The monoisotopic (exact) mass is 261 g/mol. The summed E-state index contributed by atoms with van der Waals surface area (Å²) in [4.78, 5) is 13.2. The van der Waals surface area contributed by atoms with Gasteiger partial charge in [-0.2, -0.15) is 0 Å². The maximum Gasteiger partial charge on any atom is 0.410 e. The summed E-state index contributed by atoms with van der Waals surface area (Å²) < 4.78 is 5.12. The van der Waals surface area contributed by atoms with Gasteiger partial charge in [-0.15, -0.1) is 0 Å². The van der Waals surface area contributed by atoms with Gasteiger partial charge in [-0.1, -0.05) is 30.0 Å². The molecular formula is C15H19NO3. The van der Waals surface area contributed by atoms with Gasteiger partial charge in [0.2, 0.25) is 0 Å². The predicted octanol–water partition coefficient (Wildman–Crippen LogP) is 2.01. The highest BCUT2D eigenvalue weighted by molar-refractivity contribution is 5.67. The molecule has 0 aliphatic rings. The molecule has 0 bridgehead atoms. The minimum absolute atomic E-state index is 0.139. The van der Waals surface area contributed by atoms with E-state index in [0.29, 0.717) is 6.54 Å². The average molecular weight is 261 g/mol. The summed E-state index contributed by atoms with van der Waals surface area (Å²) in [5.74, 6) is 5.48. The highest BCUT2D eigenvalue weighted by Gasteiger charge is 2.13. The summed E-state index contributed by atoms with van der Waals surface area (Å²) in [6.07, 6.45) is -0.501. The molecule has 0 saturated carbocycles. The second-order valence-electron chi connectivity index (χ2n) is 4.41. The summed E-state index contributed by atoms with van der Waals surface area (Å²) in [6, 6.07) is 7.53. The van der Waals surface area contributed by atoms with Crippen molar-refractivity contribution < 1.29 is 14.6 Å². The Morgan fingerprint density at radius 1 is 1.42 bits per heavy atom. The van der Waals surface area contributed by atoms with E-state index in [1.165, 1.54) is 4.90 Å². The number of aliphatic hydroxyl groups is 1. The van der Waals surface area contributed by atoms with Crippen LogP contribution in [0.1, 0.15) is 25.0 Å². The molecular weight excluding hydrogens is 242 g/mol. The van der Waals surface area contributed by atoms with E-state index in [9.17, 15) is 4.79 Å². The lowest BCUT2D eigenvalue weighted by Gasteiger charge is -2.19. The molecule has 1 N–H and O–H groups in total. The molecule has 1 aromatic rings. The van der Waals surface area contributed by atoms with Crippen LogP contribution in [-0.4, -0.2) is 35.9 Å². The van der Waals surface area contributed by atoms with Crippen molar-refractivity contribution in [2.24, 2.45) is 0 Å². The summed E-state index contributed by atoms with van der Waals surface area (Å²) in [5, 5.41) is 8.73. The van der Waals surface area contributed by atoms with E-state index in [0.717, 1.165) is 11.1 Å². The van der Waals surface area contributed by atoms with Crippen LogP contribution in [0.4, 0.5) is 4.79 Å². The number of aliphatic hydroxyl groups excluding tert-OH is 1. The molecule has 0 heterocycles. The molecule has 0 atom stereocenters. The van der Waals surface area contributed by atoms with Crippen LogP contribution < -0.4 is 0 Å². The lowest BCUT2D eigenvalue weighted by Crippen LogP contribution is -2.29. The van der Waals surface area contributed by atoms with Gasteiger partial charge in [-0.25, -0.2) is 4.79 Å². The molecule has 19 heavy (non-hydrogen) atoms. The second kappa shape index (κ2) is 7.45. The van der Waals surface area contributed by atoms with E-state index >= 15 is 0 Å². The molecule has 0 aliphatic heterocycles. The minimum Gasteiger partial charge on any atom is -0.447 e. The first-order valence-corrected chi connectivity index (χ1v) is 6.14. The molecule has 0 aromatic heterocycles. The van der Waals surface area contributed by atoms with Crippen LogP contribution in [0.5, 0.6) is 0 Å². The summed E-state index contributed by atoms with van der Waals surface area (Å²) in [5.41, 5.74) is 1.73. The Labute approximate surface area is 114 Å². The van der Waals surface area contributed by atoms with Gasteiger partial charge in [-0.3, -0.25) is 0 Å². The first-order chi connectivity index (χ1) is 9.04. The molecule has 1 rings (SSSR count). The first-order valence-electron chi connectivity index (χ1n) is 6.14. The molecule has 0 spiro atoms. The van der Waals surface area contributed by atoms with Crippen molar-refractivity contribution in [3.05, 3.63) is 35.4 Å². The molecule has 4 nitrogen and oxygen atoms in total. The number of ether oxygens (including phenoxy) is 1. The van der Waals surface area contributed by atoms with Crippen LogP contribution in [-0.2, 0) is 11.3 Å². The first kappa shape index (κ1) is 15.1. The van der Waals surface area contributed by atoms with Crippen molar-refractivity contribution in [3.8, 4) is 11.8 Å². The molecule has 102 valence electrons. The largest absolute Gasteiger partial charge is 0.447 e. The van der Waals surface area contributed by atoms with Crippen molar-refractivity contribution in [2.45, 2.75) is 26.5 Å². The van der Waals surface area contributed by atoms with E-state index in [-0.39, 0.29) is 18.8 Å². The standard InChI is InChI=1S/C15H19NO3/c1-12(2)19-15(18)16(3)11-14-8-5-4-7-13(14)9-6-10-17/h4-5,7-8,12,17H,10-11H2,1-3H3. The summed E-state index contributed by atoms with van der Waals surface area (Å²) >= 11 is 0. The van der Waals surface area contributed by atoms with E-state index in [4.69, 9.17) is 9.84 Å². The predicted molar refractivity (Wildman–Crippen MR) is 73.5 cm³/mol. The lowest BCUT2D eigenvalue weighted by molar-refractivity contribution is 0.0822. The van der Waals surface area contributed by atoms with Crippen LogP contribution in [0.15, 0.2) is 24.3 Å².